The molecule has 2 N–H and O–H groups in total. The molecule has 6 heteroatoms. The Balaban J connectivity index is 2.29. The summed E-state index contributed by atoms with van der Waals surface area (Å²) in [4.78, 5) is 0.160. The normalized spacial score (nSPS) is 17.2. The van der Waals surface area contributed by atoms with Crippen LogP contribution in [0.15, 0.2) is 23.1 Å². The van der Waals surface area contributed by atoms with Gasteiger partial charge in [0.25, 0.3) is 0 Å². The van der Waals surface area contributed by atoms with Crippen molar-refractivity contribution in [2.75, 3.05) is 6.61 Å². The number of hydrogen-bond donors (Lipinski definition) is 2. The van der Waals surface area contributed by atoms with Crippen molar-refractivity contribution in [1.82, 2.24) is 4.72 Å². The molecule has 0 bridgehead atoms. The van der Waals surface area contributed by atoms with Crippen molar-refractivity contribution in [3.05, 3.63) is 23.8 Å². The number of sulfonamides is 1. The van der Waals surface area contributed by atoms with Gasteiger partial charge in [0.15, 0.2) is 0 Å². The van der Waals surface area contributed by atoms with Gasteiger partial charge >= 0.3 is 0 Å². The first kappa shape index (κ1) is 14.3. The molecule has 19 heavy (non-hydrogen) atoms. The van der Waals surface area contributed by atoms with E-state index in [-0.39, 0.29) is 17.0 Å². The van der Waals surface area contributed by atoms with Gasteiger partial charge in [-0.3, -0.25) is 0 Å². The number of ether oxygens (including phenoxy) is 1. The fourth-order valence-electron chi connectivity index (χ4n) is 1.82. The number of nitrogens with one attached hydrogen (secondary N) is 1. The fraction of sp³-hybridized carbons (Fsp3) is 0.538. The van der Waals surface area contributed by atoms with E-state index in [9.17, 15) is 13.5 Å². The lowest BCUT2D eigenvalue weighted by atomic mass is 10.2. The van der Waals surface area contributed by atoms with Gasteiger partial charge in [-0.05, 0) is 44.9 Å². The van der Waals surface area contributed by atoms with E-state index in [1.54, 1.807) is 6.07 Å². The van der Waals surface area contributed by atoms with Crippen LogP contribution in [0, 0.1) is 0 Å². The van der Waals surface area contributed by atoms with E-state index >= 15 is 0 Å². The van der Waals surface area contributed by atoms with Crippen molar-refractivity contribution < 1.29 is 18.3 Å². The lowest BCUT2D eigenvalue weighted by Crippen LogP contribution is -2.34. The zero-order chi connectivity index (χ0) is 14.1. The molecular weight excluding hydrogens is 266 g/mol. The molecule has 0 amide bonds. The van der Waals surface area contributed by atoms with E-state index < -0.39 is 10.0 Å². The van der Waals surface area contributed by atoms with E-state index in [1.165, 1.54) is 12.1 Å². The minimum Gasteiger partial charge on any atom is -0.494 e. The van der Waals surface area contributed by atoms with Crippen molar-refractivity contribution in [3.8, 4) is 5.75 Å². The van der Waals surface area contributed by atoms with E-state index in [4.69, 9.17) is 4.74 Å². The van der Waals surface area contributed by atoms with Crippen LogP contribution >= 0.6 is 0 Å². The van der Waals surface area contributed by atoms with Crippen LogP contribution in [0.4, 0.5) is 0 Å². The van der Waals surface area contributed by atoms with Crippen molar-refractivity contribution in [3.63, 3.8) is 0 Å². The van der Waals surface area contributed by atoms with Crippen LogP contribution < -0.4 is 9.46 Å². The first-order valence-electron chi connectivity index (χ1n) is 6.31. The average Bonchev–Trinajstić information content (AvgIpc) is 3.06. The molecule has 1 aliphatic rings. The minimum atomic E-state index is -3.54. The number of aliphatic hydroxyl groups is 1. The molecule has 0 radical (unpaired) electrons. The predicted octanol–water partition coefficient (Wildman–Crippen LogP) is 1.41. The van der Waals surface area contributed by atoms with Gasteiger partial charge < -0.3 is 9.84 Å². The summed E-state index contributed by atoms with van der Waals surface area (Å²) in [5.41, 5.74) is 0.169. The third-order valence-electron chi connectivity index (χ3n) is 3.19. The molecule has 106 valence electrons. The summed E-state index contributed by atoms with van der Waals surface area (Å²) < 4.78 is 32.4. The highest BCUT2D eigenvalue weighted by Gasteiger charge is 2.41. The summed E-state index contributed by atoms with van der Waals surface area (Å²) in [7, 11) is -3.54. The van der Waals surface area contributed by atoms with Gasteiger partial charge in [0, 0.05) is 11.1 Å². The first-order valence-corrected chi connectivity index (χ1v) is 7.79. The van der Waals surface area contributed by atoms with Crippen LogP contribution in [0.3, 0.4) is 0 Å². The highest BCUT2D eigenvalue weighted by Crippen LogP contribution is 2.36. The molecular formula is C13H19NO4S. The summed E-state index contributed by atoms with van der Waals surface area (Å²) in [6, 6.07) is 4.54. The second kappa shape index (κ2) is 5.11. The lowest BCUT2D eigenvalue weighted by molar-refractivity contribution is 0.266. The van der Waals surface area contributed by atoms with Crippen molar-refractivity contribution in [2.24, 2.45) is 0 Å². The summed E-state index contributed by atoms with van der Waals surface area (Å²) in [5, 5.41) is 9.28. The van der Waals surface area contributed by atoms with Gasteiger partial charge in [-0.2, -0.15) is 0 Å². The monoisotopic (exact) mass is 285 g/mol. The topological polar surface area (TPSA) is 75.6 Å². The molecule has 0 heterocycles. The summed E-state index contributed by atoms with van der Waals surface area (Å²) in [5.74, 6) is 0.515. The summed E-state index contributed by atoms with van der Waals surface area (Å²) in [6.07, 6.45) is 1.71. The maximum atomic E-state index is 12.2. The van der Waals surface area contributed by atoms with Gasteiger partial charge in [-0.1, -0.05) is 0 Å². The molecule has 0 saturated heterocycles. The van der Waals surface area contributed by atoms with Crippen LogP contribution in [0.1, 0.15) is 32.3 Å². The smallest absolute Gasteiger partial charge is 0.241 e. The Labute approximate surface area is 113 Å². The first-order chi connectivity index (χ1) is 8.90. The van der Waals surface area contributed by atoms with E-state index in [2.05, 4.69) is 4.72 Å². The highest BCUT2D eigenvalue weighted by molar-refractivity contribution is 7.89. The molecule has 5 nitrogen and oxygen atoms in total. The third-order valence-corrected chi connectivity index (χ3v) is 4.83. The Morgan fingerprint density at radius 2 is 2.11 bits per heavy atom. The quantitative estimate of drug-likeness (QED) is 0.828. The number of aliphatic hydroxyl groups excluding tert-OH is 1. The van der Waals surface area contributed by atoms with E-state index in [0.29, 0.717) is 17.9 Å². The zero-order valence-corrected chi connectivity index (χ0v) is 12.0. The van der Waals surface area contributed by atoms with E-state index in [0.717, 1.165) is 12.8 Å². The number of benzene rings is 1. The average molecular weight is 285 g/mol. The van der Waals surface area contributed by atoms with Gasteiger partial charge in [0.2, 0.25) is 10.0 Å². The molecule has 1 aromatic rings. The molecule has 1 aromatic carbocycles. The Morgan fingerprint density at radius 1 is 1.42 bits per heavy atom. The number of rotatable bonds is 6. The highest BCUT2D eigenvalue weighted by atomic mass is 32.2. The largest absolute Gasteiger partial charge is 0.494 e. The fourth-order valence-corrected chi connectivity index (χ4v) is 3.33. The Kier molecular flexibility index (Phi) is 3.85. The van der Waals surface area contributed by atoms with Crippen molar-refractivity contribution in [1.29, 1.82) is 0 Å². The second-order valence-electron chi connectivity index (χ2n) is 5.03. The van der Waals surface area contributed by atoms with Gasteiger partial charge in [0.1, 0.15) is 5.75 Å². The second-order valence-corrected chi connectivity index (χ2v) is 6.71. The van der Waals surface area contributed by atoms with Gasteiger partial charge in [-0.15, -0.1) is 0 Å². The Morgan fingerprint density at radius 3 is 2.63 bits per heavy atom. The van der Waals surface area contributed by atoms with Crippen LogP contribution in [-0.2, 0) is 16.6 Å². The van der Waals surface area contributed by atoms with Crippen LogP contribution in [0.5, 0.6) is 5.75 Å². The number of hydrogen-bond acceptors (Lipinski definition) is 4. The third kappa shape index (κ3) is 3.26. The lowest BCUT2D eigenvalue weighted by Gasteiger charge is -2.14. The maximum Gasteiger partial charge on any atom is 0.241 e. The summed E-state index contributed by atoms with van der Waals surface area (Å²) in [6.45, 7) is 3.93. The molecule has 1 fully saturated rings. The van der Waals surface area contributed by atoms with E-state index in [1.807, 2.05) is 13.8 Å². The molecule has 2 rings (SSSR count). The molecule has 0 atom stereocenters. The molecule has 0 spiro atoms. The van der Waals surface area contributed by atoms with Crippen LogP contribution in [0.25, 0.3) is 0 Å². The molecule has 0 aliphatic heterocycles. The van der Waals surface area contributed by atoms with Crippen LogP contribution in [0.2, 0.25) is 0 Å². The Bertz CT molecular complexity index is 564. The molecule has 0 aromatic heterocycles. The van der Waals surface area contributed by atoms with Crippen LogP contribution in [-0.4, -0.2) is 25.7 Å². The molecule has 0 unspecified atom stereocenters. The van der Waals surface area contributed by atoms with Crippen molar-refractivity contribution >= 4 is 10.0 Å². The van der Waals surface area contributed by atoms with Gasteiger partial charge in [0.05, 0.1) is 18.1 Å². The maximum absolute atomic E-state index is 12.2. The Hall–Kier alpha value is -1.11. The van der Waals surface area contributed by atoms with Crippen molar-refractivity contribution in [2.45, 2.75) is 43.7 Å². The molecule has 1 aliphatic carbocycles. The molecule has 1 saturated carbocycles. The predicted molar refractivity (Wildman–Crippen MR) is 71.5 cm³/mol. The standard InChI is InChI=1S/C13H19NO4S/c1-3-18-12-5-4-11(8-10(12)9-15)19(16,17)14-13(2)6-7-13/h4-5,8,14-15H,3,6-7,9H2,1-2H3. The minimum absolute atomic E-state index is 0.160. The zero-order valence-electron chi connectivity index (χ0n) is 11.1. The summed E-state index contributed by atoms with van der Waals surface area (Å²) >= 11 is 0. The van der Waals surface area contributed by atoms with Gasteiger partial charge in [-0.25, -0.2) is 13.1 Å². The SMILES string of the molecule is CCOc1ccc(S(=O)(=O)NC2(C)CC2)cc1CO.